The van der Waals surface area contributed by atoms with Crippen molar-refractivity contribution in [1.82, 2.24) is 20.9 Å². The Bertz CT molecular complexity index is 985. The number of cyclic esters (lactones) is 1. The van der Waals surface area contributed by atoms with Gasteiger partial charge in [-0.2, -0.15) is 0 Å². The second-order valence-corrected chi connectivity index (χ2v) is 9.78. The highest BCUT2D eigenvalue weighted by molar-refractivity contribution is 5.93. The summed E-state index contributed by atoms with van der Waals surface area (Å²) in [5, 5.41) is 8.75. The second kappa shape index (κ2) is 11.7. The Morgan fingerprint density at radius 1 is 1.14 bits per heavy atom. The number of fused-ring (bicyclic) bond motifs is 1. The first-order valence-electron chi connectivity index (χ1n) is 12.9. The van der Waals surface area contributed by atoms with Gasteiger partial charge in [-0.3, -0.25) is 14.4 Å². The van der Waals surface area contributed by atoms with Crippen LogP contribution in [0.25, 0.3) is 0 Å². The average Bonchev–Trinajstić information content (AvgIpc) is 3.48. The minimum absolute atomic E-state index is 0.0116. The van der Waals surface area contributed by atoms with Gasteiger partial charge in [-0.25, -0.2) is 4.79 Å². The van der Waals surface area contributed by atoms with Crippen LogP contribution < -0.4 is 20.7 Å². The van der Waals surface area contributed by atoms with Gasteiger partial charge in [0.1, 0.15) is 17.8 Å². The molecule has 3 N–H and O–H groups in total. The first-order valence-corrected chi connectivity index (χ1v) is 12.9. The summed E-state index contributed by atoms with van der Waals surface area (Å²) in [6, 6.07) is 5.65. The highest BCUT2D eigenvalue weighted by atomic mass is 16.6. The monoisotopic (exact) mass is 500 g/mol. The Hall–Kier alpha value is -3.14. The Morgan fingerprint density at radius 2 is 1.94 bits per heavy atom. The molecule has 3 aliphatic heterocycles. The molecule has 0 aromatic heterocycles. The summed E-state index contributed by atoms with van der Waals surface area (Å²) in [5.74, 6) is -0.419. The van der Waals surface area contributed by atoms with Crippen molar-refractivity contribution < 1.29 is 28.7 Å². The van der Waals surface area contributed by atoms with E-state index in [4.69, 9.17) is 9.47 Å². The fraction of sp³-hybridized carbons (Fsp3) is 0.615. The molecule has 1 aromatic rings. The molecule has 1 aromatic carbocycles. The van der Waals surface area contributed by atoms with E-state index in [9.17, 15) is 19.2 Å². The van der Waals surface area contributed by atoms with Crippen LogP contribution in [0.1, 0.15) is 57.4 Å². The summed E-state index contributed by atoms with van der Waals surface area (Å²) < 4.78 is 10.7. The molecule has 196 valence electrons. The molecule has 3 amide bonds. The van der Waals surface area contributed by atoms with Crippen molar-refractivity contribution in [2.45, 2.75) is 88.7 Å². The number of carbonyl (C=O) groups is 4. The highest BCUT2D eigenvalue weighted by Gasteiger charge is 2.43. The summed E-state index contributed by atoms with van der Waals surface area (Å²) in [6.07, 6.45) is 4.54. The minimum atomic E-state index is -0.624. The fourth-order valence-electron chi connectivity index (χ4n) is 5.14. The SMILES string of the molecule is CN[C@@H](C)C(=O)NC1CCCC[C@H]2CCC(C(=O)NCc3cccc(OC4CCOC4=O)c3)N2C1=O. The molecule has 0 aliphatic carbocycles. The van der Waals surface area contributed by atoms with E-state index in [1.165, 1.54) is 0 Å². The fourth-order valence-corrected chi connectivity index (χ4v) is 5.14. The molecule has 10 nitrogen and oxygen atoms in total. The second-order valence-electron chi connectivity index (χ2n) is 9.78. The van der Waals surface area contributed by atoms with Gasteiger partial charge < -0.3 is 30.3 Å². The van der Waals surface area contributed by atoms with Crippen LogP contribution in [-0.2, 0) is 30.5 Å². The molecular weight excluding hydrogens is 464 g/mol. The first-order chi connectivity index (χ1) is 17.4. The molecule has 0 spiro atoms. The first kappa shape index (κ1) is 25.9. The lowest BCUT2D eigenvalue weighted by Gasteiger charge is -2.35. The summed E-state index contributed by atoms with van der Waals surface area (Å²) in [5.41, 5.74) is 0.826. The third-order valence-electron chi connectivity index (χ3n) is 7.31. The van der Waals surface area contributed by atoms with Crippen LogP contribution in [0.15, 0.2) is 24.3 Å². The maximum Gasteiger partial charge on any atom is 0.347 e. The van der Waals surface area contributed by atoms with Gasteiger partial charge in [0.2, 0.25) is 17.7 Å². The van der Waals surface area contributed by atoms with Gasteiger partial charge in [-0.1, -0.05) is 25.0 Å². The number of hydrogen-bond acceptors (Lipinski definition) is 7. The molecule has 5 atom stereocenters. The number of carbonyl (C=O) groups excluding carboxylic acids is 4. The Balaban J connectivity index is 1.39. The van der Waals surface area contributed by atoms with Crippen LogP contribution in [0.4, 0.5) is 0 Å². The standard InChI is InChI=1S/C26H36N4O6/c1-16(27-2)23(31)29-20-9-4-3-7-18-10-11-21(30(18)25(20)33)24(32)28-15-17-6-5-8-19(14-17)36-22-12-13-35-26(22)34/h5-6,8,14,16,18,20-22,27H,3-4,7,9-13,15H2,1-2H3,(H,28,32)(H,29,31)/t16-,18-,20?,21?,22?/m0/s1. The number of likely N-dealkylation sites (N-methyl/N-ethyl adjacent to an activating group) is 1. The smallest absolute Gasteiger partial charge is 0.347 e. The molecule has 3 saturated heterocycles. The van der Waals surface area contributed by atoms with Crippen LogP contribution in [0.2, 0.25) is 0 Å². The molecule has 3 fully saturated rings. The molecule has 3 aliphatic rings. The van der Waals surface area contributed by atoms with Gasteiger partial charge in [0.25, 0.3) is 0 Å². The number of amides is 3. The molecular formula is C26H36N4O6. The Kier molecular flexibility index (Phi) is 8.45. The van der Waals surface area contributed by atoms with E-state index in [0.717, 1.165) is 31.2 Å². The van der Waals surface area contributed by atoms with Gasteiger partial charge in [0, 0.05) is 19.0 Å². The summed E-state index contributed by atoms with van der Waals surface area (Å²) in [4.78, 5) is 52.6. The zero-order valence-corrected chi connectivity index (χ0v) is 21.0. The van der Waals surface area contributed by atoms with E-state index < -0.39 is 24.2 Å². The third-order valence-corrected chi connectivity index (χ3v) is 7.31. The van der Waals surface area contributed by atoms with Crippen LogP contribution in [0.5, 0.6) is 5.75 Å². The molecule has 0 saturated carbocycles. The zero-order chi connectivity index (χ0) is 25.7. The topological polar surface area (TPSA) is 126 Å². The highest BCUT2D eigenvalue weighted by Crippen LogP contribution is 2.31. The number of hydrogen-bond donors (Lipinski definition) is 3. The van der Waals surface area contributed by atoms with Crippen molar-refractivity contribution in [3.63, 3.8) is 0 Å². The molecule has 0 bridgehead atoms. The van der Waals surface area contributed by atoms with Gasteiger partial charge in [0.05, 0.1) is 12.6 Å². The third kappa shape index (κ3) is 5.98. The number of rotatable bonds is 8. The molecule has 10 heteroatoms. The van der Waals surface area contributed by atoms with Gasteiger partial charge in [0.15, 0.2) is 6.10 Å². The summed E-state index contributed by atoms with van der Waals surface area (Å²) in [6.45, 7) is 2.38. The van der Waals surface area contributed by atoms with Crippen molar-refractivity contribution in [3.8, 4) is 5.75 Å². The van der Waals surface area contributed by atoms with E-state index in [0.29, 0.717) is 31.6 Å². The van der Waals surface area contributed by atoms with Crippen LogP contribution in [0, 0.1) is 0 Å². The zero-order valence-electron chi connectivity index (χ0n) is 21.0. The van der Waals surface area contributed by atoms with Crippen LogP contribution in [-0.4, -0.2) is 72.5 Å². The van der Waals surface area contributed by atoms with E-state index in [2.05, 4.69) is 16.0 Å². The quantitative estimate of drug-likeness (QED) is 0.455. The van der Waals surface area contributed by atoms with Gasteiger partial charge in [-0.15, -0.1) is 0 Å². The number of ether oxygens (including phenoxy) is 2. The van der Waals surface area contributed by atoms with Crippen molar-refractivity contribution in [3.05, 3.63) is 29.8 Å². The molecule has 3 heterocycles. The lowest BCUT2D eigenvalue weighted by atomic mass is 9.98. The largest absolute Gasteiger partial charge is 0.479 e. The predicted molar refractivity (Wildman–Crippen MR) is 131 cm³/mol. The summed E-state index contributed by atoms with van der Waals surface area (Å²) in [7, 11) is 1.70. The van der Waals surface area contributed by atoms with Crippen molar-refractivity contribution in [2.24, 2.45) is 0 Å². The maximum absolute atomic E-state index is 13.5. The predicted octanol–water partition coefficient (Wildman–Crippen LogP) is 1.02. The van der Waals surface area contributed by atoms with Crippen molar-refractivity contribution in [2.75, 3.05) is 13.7 Å². The van der Waals surface area contributed by atoms with Crippen LogP contribution in [0.3, 0.4) is 0 Å². The van der Waals surface area contributed by atoms with E-state index >= 15 is 0 Å². The van der Waals surface area contributed by atoms with E-state index in [1.54, 1.807) is 31.0 Å². The number of esters is 1. The number of benzene rings is 1. The minimum Gasteiger partial charge on any atom is -0.479 e. The maximum atomic E-state index is 13.5. The summed E-state index contributed by atoms with van der Waals surface area (Å²) >= 11 is 0. The number of nitrogens with zero attached hydrogens (tertiary/aromatic N) is 1. The van der Waals surface area contributed by atoms with E-state index in [-0.39, 0.29) is 36.3 Å². The Labute approximate surface area is 211 Å². The van der Waals surface area contributed by atoms with Gasteiger partial charge in [-0.05, 0) is 57.4 Å². The molecule has 36 heavy (non-hydrogen) atoms. The van der Waals surface area contributed by atoms with Crippen LogP contribution >= 0.6 is 0 Å². The normalized spacial score (nSPS) is 26.9. The van der Waals surface area contributed by atoms with Crippen molar-refractivity contribution in [1.29, 1.82) is 0 Å². The average molecular weight is 501 g/mol. The van der Waals surface area contributed by atoms with E-state index in [1.807, 2.05) is 12.1 Å². The van der Waals surface area contributed by atoms with Gasteiger partial charge >= 0.3 is 5.97 Å². The molecule has 3 unspecified atom stereocenters. The lowest BCUT2D eigenvalue weighted by Crippen LogP contribution is -2.57. The molecule has 0 radical (unpaired) electrons. The lowest BCUT2D eigenvalue weighted by molar-refractivity contribution is -0.144. The molecule has 4 rings (SSSR count). The van der Waals surface area contributed by atoms with Crippen molar-refractivity contribution >= 4 is 23.7 Å². The number of nitrogens with one attached hydrogen (secondary N) is 3. The Morgan fingerprint density at radius 3 is 2.69 bits per heavy atom.